The van der Waals surface area contributed by atoms with Crippen molar-refractivity contribution in [3.8, 4) is 0 Å². The standard InChI is InChI=1S/C20H30N2O3S/c1-15-8-6-11-19(16(15)2)21-20(23)17-9-7-10-18(14-17)26(24,25)22-12-4-3-5-13-22/h7,9-10,14-16,19H,3-6,8,11-13H2,1-2H3,(H,21,23)/t15-,16+,19+/m1/s1. The van der Waals surface area contributed by atoms with E-state index in [-0.39, 0.29) is 16.8 Å². The van der Waals surface area contributed by atoms with E-state index in [1.807, 2.05) is 0 Å². The summed E-state index contributed by atoms with van der Waals surface area (Å²) >= 11 is 0. The molecule has 26 heavy (non-hydrogen) atoms. The van der Waals surface area contributed by atoms with Crippen molar-refractivity contribution >= 4 is 15.9 Å². The van der Waals surface area contributed by atoms with Crippen LogP contribution in [0.15, 0.2) is 29.2 Å². The average molecular weight is 379 g/mol. The van der Waals surface area contributed by atoms with E-state index in [0.717, 1.165) is 32.1 Å². The van der Waals surface area contributed by atoms with Gasteiger partial charge in [-0.3, -0.25) is 4.79 Å². The normalized spacial score (nSPS) is 27.8. The second-order valence-corrected chi connectivity index (χ2v) is 9.78. The molecule has 0 radical (unpaired) electrons. The van der Waals surface area contributed by atoms with Gasteiger partial charge in [0.15, 0.2) is 0 Å². The Morgan fingerprint density at radius 3 is 2.54 bits per heavy atom. The molecule has 1 N–H and O–H groups in total. The van der Waals surface area contributed by atoms with Crippen LogP contribution >= 0.6 is 0 Å². The molecule has 0 aromatic heterocycles. The number of sulfonamides is 1. The van der Waals surface area contributed by atoms with Crippen molar-refractivity contribution in [1.82, 2.24) is 9.62 Å². The zero-order valence-corrected chi connectivity index (χ0v) is 16.6. The lowest BCUT2D eigenvalue weighted by atomic mass is 9.78. The lowest BCUT2D eigenvalue weighted by Gasteiger charge is -2.34. The predicted molar refractivity (Wildman–Crippen MR) is 102 cm³/mol. The van der Waals surface area contributed by atoms with Crippen LogP contribution < -0.4 is 5.32 Å². The fraction of sp³-hybridized carbons (Fsp3) is 0.650. The van der Waals surface area contributed by atoms with Crippen LogP contribution in [-0.4, -0.2) is 37.8 Å². The predicted octanol–water partition coefficient (Wildman–Crippen LogP) is 3.42. The van der Waals surface area contributed by atoms with Crippen LogP contribution in [0.5, 0.6) is 0 Å². The van der Waals surface area contributed by atoms with Crippen molar-refractivity contribution in [2.75, 3.05) is 13.1 Å². The third-order valence-electron chi connectivity index (χ3n) is 6.07. The number of piperidine rings is 1. The van der Waals surface area contributed by atoms with E-state index in [0.29, 0.717) is 30.5 Å². The molecule has 1 aliphatic heterocycles. The molecule has 1 heterocycles. The third-order valence-corrected chi connectivity index (χ3v) is 7.97. The van der Waals surface area contributed by atoms with Crippen LogP contribution in [0.1, 0.15) is 62.7 Å². The van der Waals surface area contributed by atoms with Gasteiger partial charge in [0.25, 0.3) is 5.91 Å². The summed E-state index contributed by atoms with van der Waals surface area (Å²) in [7, 11) is -3.52. The maximum atomic E-state index is 12.8. The Morgan fingerprint density at radius 1 is 1.08 bits per heavy atom. The minimum atomic E-state index is -3.52. The van der Waals surface area contributed by atoms with Gasteiger partial charge in [-0.25, -0.2) is 8.42 Å². The van der Waals surface area contributed by atoms with Gasteiger partial charge in [0.2, 0.25) is 10.0 Å². The zero-order chi connectivity index (χ0) is 18.7. The van der Waals surface area contributed by atoms with Gasteiger partial charge >= 0.3 is 0 Å². The fourth-order valence-electron chi connectivity index (χ4n) is 4.09. The van der Waals surface area contributed by atoms with Gasteiger partial charge in [-0.15, -0.1) is 0 Å². The fourth-order valence-corrected chi connectivity index (χ4v) is 5.65. The summed E-state index contributed by atoms with van der Waals surface area (Å²) in [5.74, 6) is 0.861. The lowest BCUT2D eigenvalue weighted by molar-refractivity contribution is 0.0891. The van der Waals surface area contributed by atoms with Gasteiger partial charge in [-0.05, 0) is 49.3 Å². The first-order valence-electron chi connectivity index (χ1n) is 9.80. The van der Waals surface area contributed by atoms with Crippen LogP contribution in [0.4, 0.5) is 0 Å². The van der Waals surface area contributed by atoms with Crippen molar-refractivity contribution in [1.29, 1.82) is 0 Å². The molecular weight excluding hydrogens is 348 g/mol. The number of hydrogen-bond acceptors (Lipinski definition) is 3. The topological polar surface area (TPSA) is 66.5 Å². The summed E-state index contributed by atoms with van der Waals surface area (Å²) in [5.41, 5.74) is 0.425. The molecule has 0 unspecified atom stereocenters. The van der Waals surface area contributed by atoms with E-state index < -0.39 is 10.0 Å². The summed E-state index contributed by atoms with van der Waals surface area (Å²) in [6.07, 6.45) is 6.20. The zero-order valence-electron chi connectivity index (χ0n) is 15.8. The van der Waals surface area contributed by atoms with Crippen LogP contribution in [0.25, 0.3) is 0 Å². The SMILES string of the molecule is C[C@H]1[C@H](C)CCC[C@@H]1NC(=O)c1cccc(S(=O)(=O)N2CCCCC2)c1. The highest BCUT2D eigenvalue weighted by Gasteiger charge is 2.29. The summed E-state index contributed by atoms with van der Waals surface area (Å²) in [6, 6.07) is 6.64. The van der Waals surface area contributed by atoms with Crippen molar-refractivity contribution in [3.63, 3.8) is 0 Å². The highest BCUT2D eigenvalue weighted by atomic mass is 32.2. The van der Waals surface area contributed by atoms with E-state index in [2.05, 4.69) is 19.2 Å². The number of carbonyl (C=O) groups is 1. The lowest BCUT2D eigenvalue weighted by Crippen LogP contribution is -2.43. The first-order chi connectivity index (χ1) is 12.4. The molecule has 6 heteroatoms. The molecule has 2 aliphatic rings. The number of amides is 1. The molecule has 144 valence electrons. The molecule has 2 fully saturated rings. The monoisotopic (exact) mass is 378 g/mol. The first-order valence-corrected chi connectivity index (χ1v) is 11.2. The Kier molecular flexibility index (Phi) is 6.03. The smallest absolute Gasteiger partial charge is 0.251 e. The Balaban J connectivity index is 1.75. The quantitative estimate of drug-likeness (QED) is 0.873. The van der Waals surface area contributed by atoms with E-state index in [9.17, 15) is 13.2 Å². The summed E-state index contributed by atoms with van der Waals surface area (Å²) < 4.78 is 27.2. The van der Waals surface area contributed by atoms with E-state index >= 15 is 0 Å². The van der Waals surface area contributed by atoms with Crippen molar-refractivity contribution in [3.05, 3.63) is 29.8 Å². The number of benzene rings is 1. The van der Waals surface area contributed by atoms with Gasteiger partial charge < -0.3 is 5.32 Å². The molecule has 5 nitrogen and oxygen atoms in total. The second-order valence-electron chi connectivity index (χ2n) is 7.84. The van der Waals surface area contributed by atoms with E-state index in [4.69, 9.17) is 0 Å². The number of hydrogen-bond donors (Lipinski definition) is 1. The molecule has 0 bridgehead atoms. The van der Waals surface area contributed by atoms with Gasteiger partial charge in [0, 0.05) is 24.7 Å². The van der Waals surface area contributed by atoms with Crippen LogP contribution in [0, 0.1) is 11.8 Å². The highest BCUT2D eigenvalue weighted by Crippen LogP contribution is 2.30. The largest absolute Gasteiger partial charge is 0.349 e. The molecule has 1 saturated carbocycles. The molecule has 1 aliphatic carbocycles. The molecule has 0 spiro atoms. The molecule has 3 rings (SSSR count). The molecule has 1 aromatic carbocycles. The Bertz CT molecular complexity index is 741. The highest BCUT2D eigenvalue weighted by molar-refractivity contribution is 7.89. The minimum absolute atomic E-state index is 0.161. The molecule has 1 saturated heterocycles. The van der Waals surface area contributed by atoms with Crippen molar-refractivity contribution < 1.29 is 13.2 Å². The number of nitrogens with one attached hydrogen (secondary N) is 1. The van der Waals surface area contributed by atoms with Gasteiger partial charge in [-0.2, -0.15) is 4.31 Å². The maximum Gasteiger partial charge on any atom is 0.251 e. The maximum absolute atomic E-state index is 12.8. The van der Waals surface area contributed by atoms with Gasteiger partial charge in [-0.1, -0.05) is 39.2 Å². The minimum Gasteiger partial charge on any atom is -0.349 e. The van der Waals surface area contributed by atoms with Crippen molar-refractivity contribution in [2.24, 2.45) is 11.8 Å². The Morgan fingerprint density at radius 2 is 1.81 bits per heavy atom. The van der Waals surface area contributed by atoms with Crippen LogP contribution in [0.2, 0.25) is 0 Å². The average Bonchev–Trinajstić information content (AvgIpc) is 2.66. The summed E-state index contributed by atoms with van der Waals surface area (Å²) in [5, 5.41) is 3.13. The number of rotatable bonds is 4. The summed E-state index contributed by atoms with van der Waals surface area (Å²) in [4.78, 5) is 12.9. The number of nitrogens with zero attached hydrogens (tertiary/aromatic N) is 1. The number of carbonyl (C=O) groups excluding carboxylic acids is 1. The van der Waals surface area contributed by atoms with E-state index in [1.54, 1.807) is 22.5 Å². The Hall–Kier alpha value is -1.40. The van der Waals surface area contributed by atoms with Crippen LogP contribution in [0.3, 0.4) is 0 Å². The van der Waals surface area contributed by atoms with Gasteiger partial charge in [0.05, 0.1) is 4.90 Å². The molecule has 1 amide bonds. The van der Waals surface area contributed by atoms with Crippen molar-refractivity contribution in [2.45, 2.75) is 63.3 Å². The molecular formula is C20H30N2O3S. The first kappa shape index (κ1) is 19.4. The molecule has 1 aromatic rings. The Labute approximate surface area is 157 Å². The van der Waals surface area contributed by atoms with Gasteiger partial charge in [0.1, 0.15) is 0 Å². The molecule has 3 atom stereocenters. The second kappa shape index (κ2) is 8.09. The third kappa shape index (κ3) is 4.12. The summed E-state index contributed by atoms with van der Waals surface area (Å²) in [6.45, 7) is 5.55. The van der Waals surface area contributed by atoms with Crippen LogP contribution in [-0.2, 0) is 10.0 Å². The van der Waals surface area contributed by atoms with E-state index in [1.165, 1.54) is 12.5 Å².